The van der Waals surface area contributed by atoms with Gasteiger partial charge in [-0.3, -0.25) is 4.90 Å². The maximum Gasteiger partial charge on any atom is 0.244 e. The van der Waals surface area contributed by atoms with Crippen molar-refractivity contribution in [1.82, 2.24) is 19.9 Å². The SMILES string of the molecule is CC(NS(=O)(=O)c1ccc(F)c2nonc12)N(C)C. The Kier molecular flexibility index (Phi) is 3.52. The summed E-state index contributed by atoms with van der Waals surface area (Å²) in [5.41, 5.74) is -0.334. The molecule has 1 aromatic carbocycles. The number of nitrogens with zero attached hydrogens (tertiary/aromatic N) is 3. The van der Waals surface area contributed by atoms with E-state index in [1.165, 1.54) is 0 Å². The summed E-state index contributed by atoms with van der Waals surface area (Å²) in [5.74, 6) is -0.684. The Morgan fingerprint density at radius 3 is 2.58 bits per heavy atom. The zero-order chi connectivity index (χ0) is 14.2. The molecule has 0 spiro atoms. The highest BCUT2D eigenvalue weighted by Crippen LogP contribution is 2.22. The van der Waals surface area contributed by atoms with Crippen LogP contribution in [0.2, 0.25) is 0 Å². The lowest BCUT2D eigenvalue weighted by Gasteiger charge is -2.20. The highest BCUT2D eigenvalue weighted by molar-refractivity contribution is 7.89. The van der Waals surface area contributed by atoms with Crippen molar-refractivity contribution in [1.29, 1.82) is 0 Å². The highest BCUT2D eigenvalue weighted by Gasteiger charge is 2.24. The van der Waals surface area contributed by atoms with Crippen molar-refractivity contribution < 1.29 is 17.4 Å². The van der Waals surface area contributed by atoms with Crippen molar-refractivity contribution in [3.8, 4) is 0 Å². The fraction of sp³-hybridized carbons (Fsp3) is 0.400. The summed E-state index contributed by atoms with van der Waals surface area (Å²) in [5, 5.41) is 6.78. The lowest BCUT2D eigenvalue weighted by Crippen LogP contribution is -2.42. The average Bonchev–Trinajstić information content (AvgIpc) is 2.77. The van der Waals surface area contributed by atoms with Crippen LogP contribution in [0, 0.1) is 5.82 Å². The van der Waals surface area contributed by atoms with Gasteiger partial charge in [-0.15, -0.1) is 0 Å². The molecule has 1 unspecified atom stereocenters. The summed E-state index contributed by atoms with van der Waals surface area (Å²) in [4.78, 5) is 1.51. The quantitative estimate of drug-likeness (QED) is 0.826. The van der Waals surface area contributed by atoms with Crippen LogP contribution in [0.3, 0.4) is 0 Å². The number of benzene rings is 1. The molecule has 0 radical (unpaired) electrons. The molecule has 0 aliphatic carbocycles. The minimum Gasteiger partial charge on any atom is -0.294 e. The summed E-state index contributed by atoms with van der Waals surface area (Å²) in [6, 6.07) is 2.15. The average molecular weight is 288 g/mol. The van der Waals surface area contributed by atoms with Crippen molar-refractivity contribution in [2.24, 2.45) is 0 Å². The van der Waals surface area contributed by atoms with E-state index in [0.717, 1.165) is 12.1 Å². The predicted octanol–water partition coefficient (Wildman–Crippen LogP) is 0.548. The lowest BCUT2D eigenvalue weighted by molar-refractivity contribution is 0.298. The molecule has 1 heterocycles. The number of rotatable bonds is 4. The largest absolute Gasteiger partial charge is 0.294 e. The highest BCUT2D eigenvalue weighted by atomic mass is 32.2. The third kappa shape index (κ3) is 2.57. The van der Waals surface area contributed by atoms with E-state index in [-0.39, 0.29) is 15.9 Å². The van der Waals surface area contributed by atoms with E-state index >= 15 is 0 Å². The van der Waals surface area contributed by atoms with Gasteiger partial charge in [0, 0.05) is 0 Å². The second-order valence-electron chi connectivity index (χ2n) is 4.27. The Labute approximate surface area is 109 Å². The van der Waals surface area contributed by atoms with Crippen molar-refractivity contribution in [3.05, 3.63) is 17.9 Å². The van der Waals surface area contributed by atoms with E-state index in [2.05, 4.69) is 19.7 Å². The summed E-state index contributed by atoms with van der Waals surface area (Å²) in [6.07, 6.45) is -0.426. The molecule has 104 valence electrons. The first kappa shape index (κ1) is 13.8. The number of hydrogen-bond acceptors (Lipinski definition) is 6. The van der Waals surface area contributed by atoms with Crippen LogP contribution in [-0.4, -0.2) is 43.9 Å². The van der Waals surface area contributed by atoms with Crippen LogP contribution in [-0.2, 0) is 10.0 Å². The first-order chi connectivity index (χ1) is 8.83. The second kappa shape index (κ2) is 4.83. The van der Waals surface area contributed by atoms with Gasteiger partial charge < -0.3 is 0 Å². The van der Waals surface area contributed by atoms with E-state index in [1.54, 1.807) is 25.9 Å². The number of sulfonamides is 1. The smallest absolute Gasteiger partial charge is 0.244 e. The van der Waals surface area contributed by atoms with Gasteiger partial charge in [-0.25, -0.2) is 17.4 Å². The summed E-state index contributed by atoms with van der Waals surface area (Å²) in [7, 11) is -0.384. The standard InChI is InChI=1S/C10H13FN4O3S/c1-6(15(2)3)14-19(16,17)8-5-4-7(11)9-10(8)13-18-12-9/h4-6,14H,1-3H3. The van der Waals surface area contributed by atoms with Crippen LogP contribution in [0.4, 0.5) is 4.39 Å². The first-order valence-corrected chi connectivity index (χ1v) is 6.91. The van der Waals surface area contributed by atoms with E-state index in [4.69, 9.17) is 0 Å². The lowest BCUT2D eigenvalue weighted by atomic mass is 10.3. The van der Waals surface area contributed by atoms with E-state index in [0.29, 0.717) is 0 Å². The third-order valence-electron chi connectivity index (χ3n) is 2.72. The van der Waals surface area contributed by atoms with Crippen LogP contribution < -0.4 is 4.72 Å². The van der Waals surface area contributed by atoms with E-state index < -0.39 is 22.0 Å². The van der Waals surface area contributed by atoms with Gasteiger partial charge >= 0.3 is 0 Å². The molecule has 2 rings (SSSR count). The normalized spacial score (nSPS) is 14.2. The molecule has 9 heteroatoms. The van der Waals surface area contributed by atoms with Gasteiger partial charge in [-0.2, -0.15) is 4.72 Å². The zero-order valence-corrected chi connectivity index (χ0v) is 11.4. The molecule has 0 saturated carbocycles. The summed E-state index contributed by atoms with van der Waals surface area (Å²) >= 11 is 0. The predicted molar refractivity (Wildman–Crippen MR) is 65.2 cm³/mol. The summed E-state index contributed by atoms with van der Waals surface area (Å²) in [6.45, 7) is 1.68. The molecule has 0 saturated heterocycles. The van der Waals surface area contributed by atoms with Crippen LogP contribution in [0.1, 0.15) is 6.92 Å². The van der Waals surface area contributed by atoms with Crippen molar-refractivity contribution in [2.45, 2.75) is 18.0 Å². The molecule has 1 atom stereocenters. The van der Waals surface area contributed by atoms with E-state index in [1.807, 2.05) is 0 Å². The first-order valence-electron chi connectivity index (χ1n) is 5.42. The molecule has 0 aliphatic rings. The van der Waals surface area contributed by atoms with Gasteiger partial charge in [0.2, 0.25) is 10.0 Å². The molecule has 1 aromatic heterocycles. The fourth-order valence-corrected chi connectivity index (χ4v) is 2.85. The molecule has 1 N–H and O–H groups in total. The number of nitrogens with one attached hydrogen (secondary N) is 1. The van der Waals surface area contributed by atoms with Crippen LogP contribution in [0.5, 0.6) is 0 Å². The molecule has 0 fully saturated rings. The monoisotopic (exact) mass is 288 g/mol. The number of halogens is 1. The van der Waals surface area contributed by atoms with Crippen molar-refractivity contribution >= 4 is 21.1 Å². The molecule has 0 aliphatic heterocycles. The van der Waals surface area contributed by atoms with Gasteiger partial charge in [-0.05, 0) is 43.5 Å². The van der Waals surface area contributed by atoms with Gasteiger partial charge in [0.1, 0.15) is 4.90 Å². The number of hydrogen-bond donors (Lipinski definition) is 1. The molecule has 7 nitrogen and oxygen atoms in total. The van der Waals surface area contributed by atoms with Crippen LogP contribution >= 0.6 is 0 Å². The Hall–Kier alpha value is -1.58. The maximum atomic E-state index is 13.4. The molecule has 19 heavy (non-hydrogen) atoms. The zero-order valence-electron chi connectivity index (χ0n) is 10.6. The molecule has 2 aromatic rings. The van der Waals surface area contributed by atoms with Crippen LogP contribution in [0.25, 0.3) is 11.0 Å². The molecular formula is C10H13FN4O3S. The van der Waals surface area contributed by atoms with Gasteiger partial charge in [0.05, 0.1) is 6.17 Å². The van der Waals surface area contributed by atoms with Gasteiger partial charge in [-0.1, -0.05) is 0 Å². The van der Waals surface area contributed by atoms with Gasteiger partial charge in [0.25, 0.3) is 0 Å². The van der Waals surface area contributed by atoms with Crippen molar-refractivity contribution in [2.75, 3.05) is 14.1 Å². The maximum absolute atomic E-state index is 13.4. The number of fused-ring (bicyclic) bond motifs is 1. The van der Waals surface area contributed by atoms with Crippen molar-refractivity contribution in [3.63, 3.8) is 0 Å². The van der Waals surface area contributed by atoms with E-state index in [9.17, 15) is 12.8 Å². The minimum absolute atomic E-state index is 0.126. The third-order valence-corrected chi connectivity index (χ3v) is 4.28. The Bertz CT molecular complexity index is 698. The van der Waals surface area contributed by atoms with Crippen LogP contribution in [0.15, 0.2) is 21.7 Å². The summed E-state index contributed by atoms with van der Waals surface area (Å²) < 4.78 is 44.6. The second-order valence-corrected chi connectivity index (χ2v) is 5.95. The molecule has 0 bridgehead atoms. The molecular weight excluding hydrogens is 275 g/mol. The Morgan fingerprint density at radius 1 is 1.32 bits per heavy atom. The Balaban J connectivity index is 2.49. The minimum atomic E-state index is -3.84. The topological polar surface area (TPSA) is 88.3 Å². The fourth-order valence-electron chi connectivity index (χ4n) is 1.42. The molecule has 0 amide bonds. The number of aromatic nitrogens is 2. The van der Waals surface area contributed by atoms with Gasteiger partial charge in [0.15, 0.2) is 16.9 Å². The Morgan fingerprint density at radius 2 is 1.95 bits per heavy atom.